The third-order valence-electron chi connectivity index (χ3n) is 4.24. The number of anilines is 1. The molecule has 0 fully saturated rings. The molecule has 0 spiro atoms. The standard InChI is InChI=1S/C19H19N3O6/c1-28-15-6-5-11(8-13(15)19(26)27)20-18(25)17-16-10(7-12(24)9-23)3-2-4-14(16)21-22-17/h2-6,8,12,23-24H,7,9H2,1H3,(H,20,25)(H,21,22)(H,26,27). The predicted octanol–water partition coefficient (Wildman–Crippen LogP) is 1.42. The van der Waals surface area contributed by atoms with E-state index < -0.39 is 24.6 Å². The van der Waals surface area contributed by atoms with Crippen LogP contribution in [-0.2, 0) is 6.42 Å². The van der Waals surface area contributed by atoms with Crippen molar-refractivity contribution in [1.82, 2.24) is 10.2 Å². The molecule has 1 heterocycles. The van der Waals surface area contributed by atoms with E-state index in [1.807, 2.05) is 0 Å². The van der Waals surface area contributed by atoms with Gasteiger partial charge in [-0.2, -0.15) is 5.10 Å². The van der Waals surface area contributed by atoms with Crippen LogP contribution in [0.5, 0.6) is 5.75 Å². The zero-order chi connectivity index (χ0) is 20.3. The van der Waals surface area contributed by atoms with Crippen molar-refractivity contribution < 1.29 is 29.6 Å². The summed E-state index contributed by atoms with van der Waals surface area (Å²) in [6.45, 7) is -0.403. The Balaban J connectivity index is 1.94. The Morgan fingerprint density at radius 3 is 2.75 bits per heavy atom. The number of aliphatic hydroxyl groups excluding tert-OH is 2. The number of hydrogen-bond acceptors (Lipinski definition) is 6. The minimum Gasteiger partial charge on any atom is -0.496 e. The lowest BCUT2D eigenvalue weighted by Crippen LogP contribution is -2.17. The van der Waals surface area contributed by atoms with Crippen LogP contribution in [0, 0.1) is 0 Å². The number of aliphatic hydroxyl groups is 2. The zero-order valence-electron chi connectivity index (χ0n) is 15.0. The summed E-state index contributed by atoms with van der Waals surface area (Å²) in [7, 11) is 1.36. The molecule has 146 valence electrons. The number of nitrogens with zero attached hydrogens (tertiary/aromatic N) is 1. The fourth-order valence-corrected chi connectivity index (χ4v) is 2.94. The van der Waals surface area contributed by atoms with Crippen molar-refractivity contribution in [3.05, 3.63) is 53.2 Å². The molecule has 0 bridgehead atoms. The quantitative estimate of drug-likeness (QED) is 0.413. The summed E-state index contributed by atoms with van der Waals surface area (Å²) in [6.07, 6.45) is -0.810. The number of ether oxygens (including phenoxy) is 1. The van der Waals surface area contributed by atoms with E-state index in [2.05, 4.69) is 15.5 Å². The molecule has 0 aliphatic carbocycles. The Bertz CT molecular complexity index is 1030. The molecule has 5 N–H and O–H groups in total. The highest BCUT2D eigenvalue weighted by Crippen LogP contribution is 2.25. The molecule has 0 radical (unpaired) electrons. The summed E-state index contributed by atoms with van der Waals surface area (Å²) in [6, 6.07) is 9.50. The smallest absolute Gasteiger partial charge is 0.339 e. The average Bonchev–Trinajstić information content (AvgIpc) is 3.13. The maximum absolute atomic E-state index is 12.7. The van der Waals surface area contributed by atoms with Gasteiger partial charge in [0.2, 0.25) is 0 Å². The predicted molar refractivity (Wildman–Crippen MR) is 101 cm³/mol. The first kappa shape index (κ1) is 19.3. The van der Waals surface area contributed by atoms with Crippen LogP contribution in [0.3, 0.4) is 0 Å². The van der Waals surface area contributed by atoms with E-state index in [0.717, 1.165) is 0 Å². The van der Waals surface area contributed by atoms with Gasteiger partial charge in [-0.1, -0.05) is 12.1 Å². The first-order valence-electron chi connectivity index (χ1n) is 8.42. The van der Waals surface area contributed by atoms with E-state index in [4.69, 9.17) is 9.84 Å². The van der Waals surface area contributed by atoms with Crippen LogP contribution in [0.1, 0.15) is 26.4 Å². The van der Waals surface area contributed by atoms with Gasteiger partial charge in [0.1, 0.15) is 11.3 Å². The first-order chi connectivity index (χ1) is 13.4. The molecule has 28 heavy (non-hydrogen) atoms. The van der Waals surface area contributed by atoms with Gasteiger partial charge in [0.25, 0.3) is 5.91 Å². The average molecular weight is 385 g/mol. The van der Waals surface area contributed by atoms with Gasteiger partial charge in [0.15, 0.2) is 5.69 Å². The van der Waals surface area contributed by atoms with Gasteiger partial charge in [0.05, 0.1) is 25.3 Å². The summed E-state index contributed by atoms with van der Waals surface area (Å²) in [4.78, 5) is 24.1. The lowest BCUT2D eigenvalue weighted by atomic mass is 10.0. The summed E-state index contributed by atoms with van der Waals surface area (Å²) in [5.74, 6) is -1.55. The highest BCUT2D eigenvalue weighted by Gasteiger charge is 2.20. The Morgan fingerprint density at radius 2 is 2.07 bits per heavy atom. The van der Waals surface area contributed by atoms with E-state index in [0.29, 0.717) is 16.5 Å². The fourth-order valence-electron chi connectivity index (χ4n) is 2.94. The normalized spacial score (nSPS) is 12.0. The highest BCUT2D eigenvalue weighted by molar-refractivity contribution is 6.12. The summed E-state index contributed by atoms with van der Waals surface area (Å²) < 4.78 is 5.00. The van der Waals surface area contributed by atoms with Gasteiger partial charge in [-0.05, 0) is 29.8 Å². The number of hydrogen-bond donors (Lipinski definition) is 5. The number of fused-ring (bicyclic) bond motifs is 1. The van der Waals surface area contributed by atoms with Crippen LogP contribution >= 0.6 is 0 Å². The molecule has 1 aromatic heterocycles. The van der Waals surface area contributed by atoms with Crippen LogP contribution < -0.4 is 10.1 Å². The van der Waals surface area contributed by atoms with Crippen molar-refractivity contribution in [1.29, 1.82) is 0 Å². The molecule has 0 saturated heterocycles. The molecule has 3 rings (SSSR count). The van der Waals surface area contributed by atoms with E-state index in [1.165, 1.54) is 25.3 Å². The summed E-state index contributed by atoms with van der Waals surface area (Å²) >= 11 is 0. The monoisotopic (exact) mass is 385 g/mol. The zero-order valence-corrected chi connectivity index (χ0v) is 15.0. The number of carbonyl (C=O) groups excluding carboxylic acids is 1. The Hall–Kier alpha value is -3.43. The SMILES string of the molecule is COc1ccc(NC(=O)c2n[nH]c3cccc(CC(O)CO)c23)cc1C(=O)O. The number of carboxylic acid groups (broad SMARTS) is 1. The number of aromatic amines is 1. The second-order valence-corrected chi connectivity index (χ2v) is 6.13. The Kier molecular flexibility index (Phi) is 5.57. The van der Waals surface area contributed by atoms with Gasteiger partial charge < -0.3 is 25.4 Å². The van der Waals surface area contributed by atoms with Crippen molar-refractivity contribution in [3.63, 3.8) is 0 Å². The largest absolute Gasteiger partial charge is 0.496 e. The van der Waals surface area contributed by atoms with Crippen LogP contribution in [0.25, 0.3) is 10.9 Å². The van der Waals surface area contributed by atoms with Crippen molar-refractivity contribution in [2.75, 3.05) is 19.0 Å². The molecular formula is C19H19N3O6. The molecule has 1 unspecified atom stereocenters. The molecule has 1 amide bonds. The third-order valence-corrected chi connectivity index (χ3v) is 4.24. The van der Waals surface area contributed by atoms with Crippen molar-refractivity contribution in [3.8, 4) is 5.75 Å². The number of carbonyl (C=O) groups is 2. The maximum atomic E-state index is 12.7. The first-order valence-corrected chi connectivity index (χ1v) is 8.42. The van der Waals surface area contributed by atoms with Gasteiger partial charge >= 0.3 is 5.97 Å². The Labute approximate surface area is 159 Å². The van der Waals surface area contributed by atoms with Gasteiger partial charge in [0, 0.05) is 17.5 Å². The number of aromatic carboxylic acids is 1. The molecule has 2 aromatic carbocycles. The molecule has 0 aliphatic rings. The van der Waals surface area contributed by atoms with Crippen LogP contribution in [0.2, 0.25) is 0 Å². The maximum Gasteiger partial charge on any atom is 0.339 e. The number of H-pyrrole nitrogens is 1. The van der Waals surface area contributed by atoms with Crippen molar-refractivity contribution in [2.24, 2.45) is 0 Å². The molecule has 9 heteroatoms. The lowest BCUT2D eigenvalue weighted by Gasteiger charge is -2.10. The van der Waals surface area contributed by atoms with Crippen molar-refractivity contribution >= 4 is 28.5 Å². The molecule has 1 atom stereocenters. The van der Waals surface area contributed by atoms with Gasteiger partial charge in [-0.3, -0.25) is 9.89 Å². The second kappa shape index (κ2) is 8.07. The second-order valence-electron chi connectivity index (χ2n) is 6.13. The van der Waals surface area contributed by atoms with Crippen LogP contribution in [0.15, 0.2) is 36.4 Å². The number of benzene rings is 2. The van der Waals surface area contributed by atoms with Gasteiger partial charge in [-0.25, -0.2) is 4.79 Å². The number of carboxylic acids is 1. The van der Waals surface area contributed by atoms with E-state index >= 15 is 0 Å². The number of aromatic nitrogens is 2. The van der Waals surface area contributed by atoms with Gasteiger partial charge in [-0.15, -0.1) is 0 Å². The number of rotatable bonds is 7. The summed E-state index contributed by atoms with van der Waals surface area (Å²) in [5.41, 5.74) is 1.54. The van der Waals surface area contributed by atoms with E-state index in [9.17, 15) is 19.8 Å². The van der Waals surface area contributed by atoms with E-state index in [-0.39, 0.29) is 29.1 Å². The molecule has 9 nitrogen and oxygen atoms in total. The van der Waals surface area contributed by atoms with Crippen molar-refractivity contribution in [2.45, 2.75) is 12.5 Å². The van der Waals surface area contributed by atoms with Crippen LogP contribution in [-0.4, -0.2) is 57.2 Å². The number of nitrogens with one attached hydrogen (secondary N) is 2. The molecule has 0 saturated carbocycles. The minimum atomic E-state index is -1.18. The molecule has 0 aliphatic heterocycles. The number of amides is 1. The fraction of sp³-hybridized carbons (Fsp3) is 0.211. The van der Waals surface area contributed by atoms with Crippen LogP contribution in [0.4, 0.5) is 5.69 Å². The number of methoxy groups -OCH3 is 1. The Morgan fingerprint density at radius 1 is 1.29 bits per heavy atom. The highest BCUT2D eigenvalue weighted by atomic mass is 16.5. The van der Waals surface area contributed by atoms with E-state index in [1.54, 1.807) is 18.2 Å². The minimum absolute atomic E-state index is 0.0843. The third kappa shape index (κ3) is 3.80. The molecule has 3 aromatic rings. The molecular weight excluding hydrogens is 366 g/mol. The summed E-state index contributed by atoms with van der Waals surface area (Å²) in [5, 5.41) is 38.1. The lowest BCUT2D eigenvalue weighted by molar-refractivity contribution is 0.0693. The topological polar surface area (TPSA) is 145 Å².